The predicted molar refractivity (Wildman–Crippen MR) is 397 cm³/mol. The van der Waals surface area contributed by atoms with Crippen LogP contribution in [0.2, 0.25) is 0 Å². The first-order chi connectivity index (χ1) is 45.6. The molecule has 0 rings (SSSR count). The number of hydrogen-bond donors (Lipinski definition) is 0. The molecule has 0 aromatic rings. The van der Waals surface area contributed by atoms with Gasteiger partial charge in [-0.05, 0) is 161 Å². The summed E-state index contributed by atoms with van der Waals surface area (Å²) >= 11 is 0. The largest absolute Gasteiger partial charge is 0.545 e. The number of allylic oxidation sites excluding steroid dienone is 38. The molecular weight excluding hydrogens is 1150 g/mol. The number of nitrogens with zero attached hydrogens (tertiary/aromatic N) is 1. The Kier molecular flexibility index (Phi) is 66.1. The van der Waals surface area contributed by atoms with E-state index < -0.39 is 30.3 Å². The monoisotopic (exact) mass is 1280 g/mol. The van der Waals surface area contributed by atoms with Gasteiger partial charge in [0.2, 0.25) is 0 Å². The van der Waals surface area contributed by atoms with Gasteiger partial charge in [-0.3, -0.25) is 9.59 Å². The van der Waals surface area contributed by atoms with Crippen molar-refractivity contribution >= 4 is 17.9 Å². The smallest absolute Gasteiger partial charge is 0.306 e. The number of carbonyl (C=O) groups excluding carboxylic acids is 3. The molecule has 0 spiro atoms. The van der Waals surface area contributed by atoms with Gasteiger partial charge < -0.3 is 33.3 Å². The average molecular weight is 1280 g/mol. The van der Waals surface area contributed by atoms with Gasteiger partial charge in [0.05, 0.1) is 40.3 Å². The summed E-state index contributed by atoms with van der Waals surface area (Å²) in [6.45, 7) is 4.43. The molecule has 0 radical (unpaired) electrons. The summed E-state index contributed by atoms with van der Waals surface area (Å²) in [7, 11) is 5.89. The molecule has 0 aromatic heterocycles. The van der Waals surface area contributed by atoms with Crippen LogP contribution >= 0.6 is 0 Å². The van der Waals surface area contributed by atoms with Crippen LogP contribution in [0.25, 0.3) is 0 Å². The molecule has 0 saturated heterocycles. The van der Waals surface area contributed by atoms with E-state index in [1.165, 1.54) is 0 Å². The fraction of sp³-hybridized carbons (Fsp3) is 0.512. The predicted octanol–water partition coefficient (Wildman–Crippen LogP) is 21.3. The van der Waals surface area contributed by atoms with E-state index in [4.69, 9.17) is 18.9 Å². The Hall–Kier alpha value is -6.65. The zero-order chi connectivity index (χ0) is 67.5. The Balaban J connectivity index is 4.31. The molecular formula is C84H127NO8. The van der Waals surface area contributed by atoms with Gasteiger partial charge in [-0.15, -0.1) is 0 Å². The number of likely N-dealkylation sites (N-methyl/N-ethyl adjacent to an activating group) is 1. The molecule has 0 N–H and O–H groups in total. The highest BCUT2D eigenvalue weighted by atomic mass is 16.7. The van der Waals surface area contributed by atoms with Crippen molar-refractivity contribution in [2.24, 2.45) is 0 Å². The summed E-state index contributed by atoms with van der Waals surface area (Å²) < 4.78 is 22.7. The highest BCUT2D eigenvalue weighted by Crippen LogP contribution is 2.13. The number of esters is 2. The topological polar surface area (TPSA) is 111 Å². The van der Waals surface area contributed by atoms with Crippen molar-refractivity contribution < 1.29 is 42.9 Å². The summed E-state index contributed by atoms with van der Waals surface area (Å²) in [5.74, 6) is -2.38. The molecule has 93 heavy (non-hydrogen) atoms. The molecule has 0 aliphatic heterocycles. The van der Waals surface area contributed by atoms with Crippen LogP contribution in [-0.2, 0) is 33.3 Å². The molecule has 0 fully saturated rings. The average Bonchev–Trinajstić information content (AvgIpc) is 3.38. The van der Waals surface area contributed by atoms with E-state index in [-0.39, 0.29) is 32.7 Å². The fourth-order valence-corrected chi connectivity index (χ4v) is 8.55. The minimum absolute atomic E-state index is 0.125. The van der Waals surface area contributed by atoms with Gasteiger partial charge >= 0.3 is 11.9 Å². The molecule has 0 aliphatic carbocycles. The number of ether oxygens (including phenoxy) is 4. The van der Waals surface area contributed by atoms with Crippen LogP contribution in [0.3, 0.4) is 0 Å². The fourth-order valence-electron chi connectivity index (χ4n) is 8.55. The standard InChI is InChI=1S/C84H127NO8/c1-6-8-10-12-14-16-18-20-22-24-26-28-30-32-34-35-36-37-38-39-40-41-42-43-44-45-46-47-49-51-53-55-57-59-61-63-65-67-69-71-73-75-82(87)93-80(79-92-84(83(88)89)90-77-76-85(3,4)5)78-91-81(86)74-72-70-68-66-64-62-60-58-56-54-52-50-48-33-31-29-27-25-23-21-19-17-15-13-11-9-7-2/h8-11,14-17,20-23,26-29,32-34,36-37,39-40,42-43,45-46,48-49,51-52,54-55,57-58,60-61,63,80,84H,6-7,12-13,18-19,24-25,30-31,35,38,41,44,47,50,53,56,59,62,64-79H2,1-5H3/b10-8-,11-9-,16-14-,17-15-,22-20-,23-21-,28-26-,29-27-,34-32-,37-36-,40-39-,43-42-,46-45-,48-33-,51-49-,54-52-,57-55-,60-58-,63-61-. The maximum absolute atomic E-state index is 12.9. The summed E-state index contributed by atoms with van der Waals surface area (Å²) in [4.78, 5) is 37.5. The van der Waals surface area contributed by atoms with Crippen molar-refractivity contribution in [1.82, 2.24) is 0 Å². The Bertz CT molecular complexity index is 2380. The van der Waals surface area contributed by atoms with Crippen LogP contribution in [-0.4, -0.2) is 82.3 Å². The van der Waals surface area contributed by atoms with E-state index >= 15 is 0 Å². The number of unbranched alkanes of at least 4 members (excludes halogenated alkanes) is 9. The summed E-state index contributed by atoms with van der Waals surface area (Å²) in [5.41, 5.74) is 0. The van der Waals surface area contributed by atoms with Crippen molar-refractivity contribution in [3.63, 3.8) is 0 Å². The van der Waals surface area contributed by atoms with E-state index in [0.717, 1.165) is 180 Å². The third-order valence-corrected chi connectivity index (χ3v) is 13.9. The third kappa shape index (κ3) is 72.6. The van der Waals surface area contributed by atoms with E-state index in [9.17, 15) is 19.5 Å². The first-order valence-corrected chi connectivity index (χ1v) is 35.5. The van der Waals surface area contributed by atoms with E-state index in [1.807, 2.05) is 21.1 Å². The molecule has 9 heteroatoms. The highest BCUT2D eigenvalue weighted by molar-refractivity contribution is 5.70. The lowest BCUT2D eigenvalue weighted by Crippen LogP contribution is -2.44. The second-order valence-corrected chi connectivity index (χ2v) is 23.7. The lowest BCUT2D eigenvalue weighted by Gasteiger charge is -2.26. The number of rotatable bonds is 62. The van der Waals surface area contributed by atoms with E-state index in [2.05, 4.69) is 245 Å². The van der Waals surface area contributed by atoms with E-state index in [1.54, 1.807) is 0 Å². The first kappa shape index (κ1) is 86.4. The van der Waals surface area contributed by atoms with Crippen molar-refractivity contribution in [1.29, 1.82) is 0 Å². The molecule has 9 nitrogen and oxygen atoms in total. The van der Waals surface area contributed by atoms with Gasteiger partial charge in [0.1, 0.15) is 13.2 Å². The Morgan fingerprint density at radius 2 is 0.581 bits per heavy atom. The second-order valence-electron chi connectivity index (χ2n) is 23.7. The SMILES string of the molecule is CC/C=C\C/C=C\C/C=C\C/C=C\C/C=C\C/C=C\C/C=C\C/C=C\C/C=C\C/C=C\C/C=C\C/C=C\CCCCCCC(=O)OC(COC(=O)CCCCCCC/C=C\C/C=C\C/C=C\C/C=C\C/C=C\C/C=C\C/C=C\CC)COC(OCC[N+](C)(C)C)C(=O)[O-]. The lowest BCUT2D eigenvalue weighted by atomic mass is 10.1. The molecule has 2 atom stereocenters. The van der Waals surface area contributed by atoms with Gasteiger partial charge in [0.25, 0.3) is 0 Å². The Morgan fingerprint density at radius 3 is 0.860 bits per heavy atom. The molecule has 0 heterocycles. The van der Waals surface area contributed by atoms with Gasteiger partial charge in [-0.25, -0.2) is 0 Å². The molecule has 0 bridgehead atoms. The minimum atomic E-state index is -1.65. The summed E-state index contributed by atoms with van der Waals surface area (Å²) in [5, 5.41) is 11.8. The van der Waals surface area contributed by atoms with E-state index in [0.29, 0.717) is 23.9 Å². The van der Waals surface area contributed by atoms with Gasteiger partial charge in [-0.1, -0.05) is 277 Å². The van der Waals surface area contributed by atoms with Gasteiger partial charge in [0.15, 0.2) is 12.4 Å². The zero-order valence-electron chi connectivity index (χ0n) is 58.8. The van der Waals surface area contributed by atoms with Crippen LogP contribution in [0.4, 0.5) is 0 Å². The van der Waals surface area contributed by atoms with Crippen molar-refractivity contribution in [3.05, 3.63) is 231 Å². The van der Waals surface area contributed by atoms with Gasteiger partial charge in [-0.2, -0.15) is 0 Å². The first-order valence-electron chi connectivity index (χ1n) is 35.5. The van der Waals surface area contributed by atoms with Crippen LogP contribution in [0, 0.1) is 0 Å². The maximum Gasteiger partial charge on any atom is 0.306 e. The van der Waals surface area contributed by atoms with Gasteiger partial charge in [0, 0.05) is 12.8 Å². The lowest BCUT2D eigenvalue weighted by molar-refractivity contribution is -0.870. The number of carboxylic acids is 1. The highest BCUT2D eigenvalue weighted by Gasteiger charge is 2.22. The van der Waals surface area contributed by atoms with Crippen molar-refractivity contribution in [2.45, 2.75) is 232 Å². The Morgan fingerprint density at radius 1 is 0.323 bits per heavy atom. The molecule has 516 valence electrons. The van der Waals surface area contributed by atoms with Crippen LogP contribution in [0.15, 0.2) is 231 Å². The molecule has 0 aromatic carbocycles. The normalized spacial score (nSPS) is 14.1. The molecule has 2 unspecified atom stereocenters. The zero-order valence-corrected chi connectivity index (χ0v) is 58.8. The van der Waals surface area contributed by atoms with Crippen LogP contribution in [0.5, 0.6) is 0 Å². The molecule has 0 aliphatic rings. The number of carbonyl (C=O) groups is 3. The van der Waals surface area contributed by atoms with Crippen molar-refractivity contribution in [3.8, 4) is 0 Å². The number of aliphatic carboxylic acids is 1. The minimum Gasteiger partial charge on any atom is -0.545 e. The van der Waals surface area contributed by atoms with Crippen LogP contribution < -0.4 is 5.11 Å². The number of carboxylic acid groups (broad SMARTS) is 1. The number of hydrogen-bond acceptors (Lipinski definition) is 8. The quantitative estimate of drug-likeness (QED) is 0.0195. The Labute approximate surface area is 568 Å². The maximum atomic E-state index is 12.9. The molecule has 0 amide bonds. The van der Waals surface area contributed by atoms with Crippen LogP contribution in [0.1, 0.15) is 219 Å². The third-order valence-electron chi connectivity index (χ3n) is 13.9. The number of quaternary nitrogens is 1. The molecule has 0 saturated carbocycles. The summed E-state index contributed by atoms with van der Waals surface area (Å²) in [6, 6.07) is 0. The second kappa shape index (κ2) is 71.2. The summed E-state index contributed by atoms with van der Waals surface area (Å²) in [6.07, 6.45) is 111. The van der Waals surface area contributed by atoms with Crippen molar-refractivity contribution in [2.75, 3.05) is 47.5 Å².